The molecule has 0 fully saturated rings. The maximum absolute atomic E-state index is 4.61. The molecule has 0 unspecified atom stereocenters. The van der Waals surface area contributed by atoms with E-state index in [1.807, 2.05) is 41.9 Å². The van der Waals surface area contributed by atoms with Gasteiger partial charge in [0.15, 0.2) is 0 Å². The minimum absolute atomic E-state index is 0.769. The van der Waals surface area contributed by atoms with Crippen LogP contribution in [0.1, 0.15) is 17.0 Å². The Morgan fingerprint density at radius 1 is 1.07 bits per heavy atom. The lowest BCUT2D eigenvalue weighted by Gasteiger charge is -2.08. The normalized spacial score (nSPS) is 11.2. The standard InChI is InChI=1S/C22H19BrN4S/c1-15-12-18(16(2)27(15)20-6-4-3-5-7-20)13-24-26-22-25-21(14-28-22)17-8-10-19(23)11-9-17/h3-14H,1-2H3,(H,25,26)/b24-13+. The van der Waals surface area contributed by atoms with Crippen LogP contribution in [0, 0.1) is 13.8 Å². The predicted octanol–water partition coefficient (Wildman–Crippen LogP) is 6.43. The van der Waals surface area contributed by atoms with Crippen molar-refractivity contribution in [1.29, 1.82) is 0 Å². The number of para-hydroxylation sites is 1. The second-order valence-corrected chi connectivity index (χ2v) is 8.19. The molecule has 4 aromatic rings. The van der Waals surface area contributed by atoms with Gasteiger partial charge in [0.25, 0.3) is 0 Å². The van der Waals surface area contributed by atoms with Gasteiger partial charge in [-0.05, 0) is 44.2 Å². The van der Waals surface area contributed by atoms with Crippen LogP contribution in [0.25, 0.3) is 16.9 Å². The summed E-state index contributed by atoms with van der Waals surface area (Å²) in [5.41, 5.74) is 9.65. The molecule has 0 aliphatic carbocycles. The smallest absolute Gasteiger partial charge is 0.203 e. The summed E-state index contributed by atoms with van der Waals surface area (Å²) in [7, 11) is 0. The Bertz CT molecular complexity index is 1110. The first-order valence-electron chi connectivity index (χ1n) is 8.87. The number of nitrogens with one attached hydrogen (secondary N) is 1. The fourth-order valence-electron chi connectivity index (χ4n) is 3.13. The number of aryl methyl sites for hydroxylation is 1. The van der Waals surface area contributed by atoms with Crippen LogP contribution in [-0.4, -0.2) is 15.8 Å². The van der Waals surface area contributed by atoms with Gasteiger partial charge < -0.3 is 4.57 Å². The molecule has 140 valence electrons. The van der Waals surface area contributed by atoms with E-state index in [1.165, 1.54) is 5.69 Å². The summed E-state index contributed by atoms with van der Waals surface area (Å²) in [6, 6.07) is 20.6. The number of hydrogen-bond donors (Lipinski definition) is 1. The van der Waals surface area contributed by atoms with Crippen LogP contribution < -0.4 is 5.43 Å². The molecule has 0 spiro atoms. The topological polar surface area (TPSA) is 42.2 Å². The number of thiazole rings is 1. The van der Waals surface area contributed by atoms with E-state index < -0.39 is 0 Å². The van der Waals surface area contributed by atoms with E-state index in [0.717, 1.165) is 37.8 Å². The molecule has 0 saturated carbocycles. The van der Waals surface area contributed by atoms with Crippen molar-refractivity contribution in [2.24, 2.45) is 5.10 Å². The molecule has 0 bridgehead atoms. The van der Waals surface area contributed by atoms with Crippen LogP contribution in [0.15, 0.2) is 75.6 Å². The van der Waals surface area contributed by atoms with Crippen molar-refractivity contribution in [2.75, 3.05) is 5.43 Å². The first kappa shape index (κ1) is 18.7. The molecular weight excluding hydrogens is 432 g/mol. The van der Waals surface area contributed by atoms with E-state index in [4.69, 9.17) is 0 Å². The average molecular weight is 451 g/mol. The van der Waals surface area contributed by atoms with Gasteiger partial charge in [0.2, 0.25) is 5.13 Å². The molecule has 28 heavy (non-hydrogen) atoms. The van der Waals surface area contributed by atoms with E-state index in [9.17, 15) is 0 Å². The lowest BCUT2D eigenvalue weighted by atomic mass is 10.2. The fourth-order valence-corrected chi connectivity index (χ4v) is 4.06. The zero-order valence-electron chi connectivity index (χ0n) is 15.6. The van der Waals surface area contributed by atoms with E-state index in [0.29, 0.717) is 0 Å². The van der Waals surface area contributed by atoms with Gasteiger partial charge >= 0.3 is 0 Å². The highest BCUT2D eigenvalue weighted by Crippen LogP contribution is 2.26. The Morgan fingerprint density at radius 3 is 2.57 bits per heavy atom. The molecule has 4 nitrogen and oxygen atoms in total. The Labute approximate surface area is 176 Å². The third kappa shape index (κ3) is 3.93. The number of benzene rings is 2. The first-order valence-corrected chi connectivity index (χ1v) is 10.5. The highest BCUT2D eigenvalue weighted by atomic mass is 79.9. The number of rotatable bonds is 5. The third-order valence-electron chi connectivity index (χ3n) is 4.49. The second kappa shape index (κ2) is 8.12. The van der Waals surface area contributed by atoms with Crippen molar-refractivity contribution in [1.82, 2.24) is 9.55 Å². The zero-order valence-corrected chi connectivity index (χ0v) is 18.0. The van der Waals surface area contributed by atoms with Gasteiger partial charge in [-0.25, -0.2) is 4.98 Å². The van der Waals surface area contributed by atoms with Crippen molar-refractivity contribution in [3.8, 4) is 16.9 Å². The van der Waals surface area contributed by atoms with E-state index in [2.05, 4.69) is 80.2 Å². The Hall–Kier alpha value is -2.70. The van der Waals surface area contributed by atoms with Gasteiger partial charge in [-0.1, -0.05) is 46.3 Å². The minimum Gasteiger partial charge on any atom is -0.318 e. The number of hydrogen-bond acceptors (Lipinski definition) is 4. The summed E-state index contributed by atoms with van der Waals surface area (Å²) in [5.74, 6) is 0. The number of nitrogens with zero attached hydrogens (tertiary/aromatic N) is 3. The molecule has 2 heterocycles. The van der Waals surface area contributed by atoms with E-state index >= 15 is 0 Å². The van der Waals surface area contributed by atoms with E-state index in [-0.39, 0.29) is 0 Å². The van der Waals surface area contributed by atoms with Crippen LogP contribution in [-0.2, 0) is 0 Å². The molecular formula is C22H19BrN4S. The van der Waals surface area contributed by atoms with Crippen molar-refractivity contribution < 1.29 is 0 Å². The molecule has 4 rings (SSSR count). The maximum Gasteiger partial charge on any atom is 0.203 e. The SMILES string of the molecule is Cc1cc(/C=N/Nc2nc(-c3ccc(Br)cc3)cs2)c(C)n1-c1ccccc1. The average Bonchev–Trinajstić information content (AvgIpc) is 3.28. The number of anilines is 1. The Kier molecular flexibility index (Phi) is 5.41. The highest BCUT2D eigenvalue weighted by molar-refractivity contribution is 9.10. The predicted molar refractivity (Wildman–Crippen MR) is 122 cm³/mol. The third-order valence-corrected chi connectivity index (χ3v) is 5.77. The summed E-state index contributed by atoms with van der Waals surface area (Å²) >= 11 is 5.00. The van der Waals surface area contributed by atoms with Gasteiger partial charge in [0.05, 0.1) is 11.9 Å². The van der Waals surface area contributed by atoms with Crippen LogP contribution in [0.5, 0.6) is 0 Å². The minimum atomic E-state index is 0.769. The van der Waals surface area contributed by atoms with Crippen LogP contribution in [0.3, 0.4) is 0 Å². The highest BCUT2D eigenvalue weighted by Gasteiger charge is 2.09. The Morgan fingerprint density at radius 2 is 1.82 bits per heavy atom. The summed E-state index contributed by atoms with van der Waals surface area (Å²) in [4.78, 5) is 4.61. The van der Waals surface area contributed by atoms with Crippen LogP contribution >= 0.6 is 27.3 Å². The molecule has 1 N–H and O–H groups in total. The van der Waals surface area contributed by atoms with Crippen molar-refractivity contribution in [3.63, 3.8) is 0 Å². The van der Waals surface area contributed by atoms with Gasteiger partial charge in [-0.3, -0.25) is 5.43 Å². The molecule has 2 aromatic heterocycles. The van der Waals surface area contributed by atoms with Gasteiger partial charge in [0, 0.05) is 38.1 Å². The molecule has 2 aromatic carbocycles. The van der Waals surface area contributed by atoms with Crippen LogP contribution in [0.2, 0.25) is 0 Å². The number of aromatic nitrogens is 2. The van der Waals surface area contributed by atoms with Crippen molar-refractivity contribution in [2.45, 2.75) is 13.8 Å². The zero-order chi connectivity index (χ0) is 19.5. The molecule has 0 saturated heterocycles. The Balaban J connectivity index is 1.50. The lowest BCUT2D eigenvalue weighted by Crippen LogP contribution is -1.99. The summed E-state index contributed by atoms with van der Waals surface area (Å²) in [5, 5.41) is 7.19. The van der Waals surface area contributed by atoms with E-state index in [1.54, 1.807) is 11.3 Å². The fraction of sp³-hybridized carbons (Fsp3) is 0.0909. The summed E-state index contributed by atoms with van der Waals surface area (Å²) in [6.07, 6.45) is 1.85. The summed E-state index contributed by atoms with van der Waals surface area (Å²) < 4.78 is 3.29. The molecule has 6 heteroatoms. The second-order valence-electron chi connectivity index (χ2n) is 6.41. The first-order chi connectivity index (χ1) is 13.6. The monoisotopic (exact) mass is 450 g/mol. The quantitative estimate of drug-likeness (QED) is 0.281. The van der Waals surface area contributed by atoms with Gasteiger partial charge in [-0.2, -0.15) is 5.10 Å². The van der Waals surface area contributed by atoms with Gasteiger partial charge in [-0.15, -0.1) is 11.3 Å². The largest absolute Gasteiger partial charge is 0.318 e. The van der Waals surface area contributed by atoms with Crippen molar-refractivity contribution in [3.05, 3.63) is 87.5 Å². The van der Waals surface area contributed by atoms with Crippen molar-refractivity contribution >= 4 is 38.6 Å². The lowest BCUT2D eigenvalue weighted by molar-refractivity contribution is 0.965. The number of halogens is 1. The molecule has 0 aliphatic heterocycles. The molecule has 0 atom stereocenters. The van der Waals surface area contributed by atoms with Gasteiger partial charge in [0.1, 0.15) is 0 Å². The molecule has 0 radical (unpaired) electrons. The van der Waals surface area contributed by atoms with Crippen LogP contribution in [0.4, 0.5) is 5.13 Å². The molecule has 0 aliphatic rings. The number of hydrazone groups is 1. The summed E-state index contributed by atoms with van der Waals surface area (Å²) in [6.45, 7) is 4.21. The molecule has 0 amide bonds. The maximum atomic E-state index is 4.61.